The number of aryl methyl sites for hydroxylation is 1. The van der Waals surface area contributed by atoms with Crippen molar-refractivity contribution in [2.75, 3.05) is 38.7 Å². The largest absolute Gasteiger partial charge is 0.493 e. The molecule has 1 aromatic carbocycles. The Labute approximate surface area is 212 Å². The van der Waals surface area contributed by atoms with Crippen LogP contribution in [0, 0.1) is 11.8 Å². The first kappa shape index (κ1) is 26.1. The monoisotopic (exact) mass is 512 g/mol. The second kappa shape index (κ2) is 11.7. The second-order valence-electron chi connectivity index (χ2n) is 9.32. The average Bonchev–Trinajstić information content (AvgIpc) is 3.26. The Morgan fingerprint density at radius 3 is 2.58 bits per heavy atom. The minimum Gasteiger partial charge on any atom is -0.493 e. The number of ether oxygens (including phenoxy) is 1. The molecule has 0 N–H and O–H groups in total. The number of halogens is 2. The maximum atomic E-state index is 6.15. The van der Waals surface area contributed by atoms with E-state index in [1.807, 2.05) is 6.20 Å². The van der Waals surface area contributed by atoms with E-state index in [2.05, 4.69) is 51.5 Å². The number of benzene rings is 1. The first-order valence-corrected chi connectivity index (χ1v) is 12.4. The van der Waals surface area contributed by atoms with Gasteiger partial charge < -0.3 is 19.1 Å². The highest BCUT2D eigenvalue weighted by Crippen LogP contribution is 2.35. The van der Waals surface area contributed by atoms with Gasteiger partial charge in [-0.1, -0.05) is 5.16 Å². The zero-order chi connectivity index (χ0) is 21.2. The summed E-state index contributed by atoms with van der Waals surface area (Å²) in [6.07, 6.45) is 9.06. The fraction of sp³-hybridized carbons (Fsp3) is 0.583. The van der Waals surface area contributed by atoms with Crippen LogP contribution in [0.2, 0.25) is 0 Å². The van der Waals surface area contributed by atoms with Crippen LogP contribution in [0.25, 0.3) is 11.0 Å². The number of nitrogens with zero attached hydrogens (tertiary/aromatic N) is 4. The Kier molecular flexibility index (Phi) is 9.27. The summed E-state index contributed by atoms with van der Waals surface area (Å²) in [5, 5.41) is 8.85. The highest BCUT2D eigenvalue weighted by atomic mass is 35.5. The highest BCUT2D eigenvalue weighted by molar-refractivity contribution is 7.13. The molecule has 1 saturated heterocycles. The Hall–Kier alpha value is -1.54. The molecule has 2 aromatic heterocycles. The molecule has 3 heterocycles. The summed E-state index contributed by atoms with van der Waals surface area (Å²) in [5.41, 5.74) is 3.11. The molecule has 0 atom stereocenters. The molecule has 2 fully saturated rings. The van der Waals surface area contributed by atoms with Crippen molar-refractivity contribution in [2.24, 2.45) is 11.8 Å². The van der Waals surface area contributed by atoms with Crippen LogP contribution in [0.5, 0.6) is 5.75 Å². The topological polar surface area (TPSA) is 54.6 Å². The van der Waals surface area contributed by atoms with Crippen molar-refractivity contribution in [3.63, 3.8) is 0 Å². The summed E-state index contributed by atoms with van der Waals surface area (Å²) in [5.74, 6) is 2.42. The number of piperidine rings is 1. The Morgan fingerprint density at radius 2 is 1.91 bits per heavy atom. The first-order valence-electron chi connectivity index (χ1n) is 11.5. The van der Waals surface area contributed by atoms with Gasteiger partial charge in [0.1, 0.15) is 5.75 Å². The van der Waals surface area contributed by atoms with Crippen molar-refractivity contribution >= 4 is 52.3 Å². The third-order valence-electron chi connectivity index (χ3n) is 6.52. The smallest absolute Gasteiger partial charge is 0.185 e. The van der Waals surface area contributed by atoms with Crippen molar-refractivity contribution in [2.45, 2.75) is 45.1 Å². The van der Waals surface area contributed by atoms with Gasteiger partial charge >= 0.3 is 0 Å². The number of hydrogen-bond acceptors (Lipinski definition) is 7. The van der Waals surface area contributed by atoms with E-state index in [-0.39, 0.29) is 24.8 Å². The fourth-order valence-electron chi connectivity index (χ4n) is 4.49. The number of rotatable bonds is 9. The summed E-state index contributed by atoms with van der Waals surface area (Å²) < 4.78 is 12.0. The lowest BCUT2D eigenvalue weighted by atomic mass is 9.91. The number of hydrogen-bond donors (Lipinski definition) is 0. The third kappa shape index (κ3) is 6.32. The number of fused-ring (bicyclic) bond motifs is 1. The van der Waals surface area contributed by atoms with Gasteiger partial charge in [0.25, 0.3) is 0 Å². The molecule has 2 aliphatic rings. The average molecular weight is 514 g/mol. The lowest BCUT2D eigenvalue weighted by molar-refractivity contribution is 0.289. The predicted molar refractivity (Wildman–Crippen MR) is 139 cm³/mol. The van der Waals surface area contributed by atoms with Crippen molar-refractivity contribution in [1.82, 2.24) is 15.0 Å². The fourth-order valence-corrected chi connectivity index (χ4v) is 5.19. The lowest BCUT2D eigenvalue weighted by Crippen LogP contribution is -2.33. The molecule has 5 rings (SSSR count). The van der Waals surface area contributed by atoms with Crippen LogP contribution < -0.4 is 9.64 Å². The molecule has 0 amide bonds. The summed E-state index contributed by atoms with van der Waals surface area (Å²) in [6, 6.07) is 4.27. The van der Waals surface area contributed by atoms with Gasteiger partial charge in [-0.05, 0) is 76.6 Å². The van der Waals surface area contributed by atoms with Gasteiger partial charge in [0.05, 0.1) is 17.9 Å². The Balaban J connectivity index is 0.00000153. The SMILES string of the molecule is CN(C)Cc1c(OCC2CC2)ccc2c(CCC3CCN(c4nccs4)CC3)noc12.Cl.Cl. The van der Waals surface area contributed by atoms with Gasteiger partial charge in [-0.25, -0.2) is 4.98 Å². The number of anilines is 1. The minimum atomic E-state index is 0. The maximum Gasteiger partial charge on any atom is 0.185 e. The van der Waals surface area contributed by atoms with Gasteiger partial charge in [0.2, 0.25) is 0 Å². The van der Waals surface area contributed by atoms with Crippen LogP contribution in [-0.2, 0) is 13.0 Å². The van der Waals surface area contributed by atoms with Crippen molar-refractivity contribution in [3.8, 4) is 5.75 Å². The Morgan fingerprint density at radius 1 is 1.12 bits per heavy atom. The molecule has 6 nitrogen and oxygen atoms in total. The van der Waals surface area contributed by atoms with E-state index in [9.17, 15) is 0 Å². The predicted octanol–water partition coefficient (Wildman–Crippen LogP) is 5.83. The van der Waals surface area contributed by atoms with Gasteiger partial charge in [-0.2, -0.15) is 0 Å². The van der Waals surface area contributed by atoms with E-state index >= 15 is 0 Å². The van der Waals surface area contributed by atoms with Crippen LogP contribution in [0.15, 0.2) is 28.2 Å². The van der Waals surface area contributed by atoms with E-state index in [0.29, 0.717) is 0 Å². The molecule has 0 unspecified atom stereocenters. The quantitative estimate of drug-likeness (QED) is 0.359. The molecule has 9 heteroatoms. The molecule has 0 bridgehead atoms. The minimum absolute atomic E-state index is 0. The summed E-state index contributed by atoms with van der Waals surface area (Å²) in [4.78, 5) is 9.04. The van der Waals surface area contributed by atoms with Gasteiger partial charge in [0, 0.05) is 36.6 Å². The number of aromatic nitrogens is 2. The van der Waals surface area contributed by atoms with E-state index < -0.39 is 0 Å². The molecule has 33 heavy (non-hydrogen) atoms. The highest BCUT2D eigenvalue weighted by Gasteiger charge is 2.25. The molecule has 1 saturated carbocycles. The molecule has 182 valence electrons. The summed E-state index contributed by atoms with van der Waals surface area (Å²) in [7, 11) is 4.16. The maximum absolute atomic E-state index is 6.15. The molecule has 1 aliphatic heterocycles. The van der Waals surface area contributed by atoms with E-state index in [4.69, 9.17) is 9.26 Å². The molecule has 1 aliphatic carbocycles. The van der Waals surface area contributed by atoms with Crippen LogP contribution in [0.1, 0.15) is 43.4 Å². The zero-order valence-corrected chi connectivity index (χ0v) is 21.8. The third-order valence-corrected chi connectivity index (χ3v) is 7.35. The van der Waals surface area contributed by atoms with Crippen molar-refractivity contribution in [1.29, 1.82) is 0 Å². The summed E-state index contributed by atoms with van der Waals surface area (Å²) >= 11 is 1.74. The molecule has 0 radical (unpaired) electrons. The van der Waals surface area contributed by atoms with Crippen molar-refractivity contribution in [3.05, 3.63) is 35.0 Å². The normalized spacial score (nSPS) is 16.6. The standard InChI is InChI=1S/C24H32N4O2S.2ClH/c1-27(2)15-20-22(29-16-18-3-4-18)8-6-19-21(26-30-23(19)20)7-5-17-9-12-28(13-10-17)24-25-11-14-31-24;;/h6,8,11,14,17-18H,3-5,7,9-10,12-13,15-16H2,1-2H3;2*1H. The second-order valence-corrected chi connectivity index (χ2v) is 10.2. The van der Waals surface area contributed by atoms with Crippen LogP contribution in [0.3, 0.4) is 0 Å². The summed E-state index contributed by atoms with van der Waals surface area (Å²) in [6.45, 7) is 3.81. The molecule has 3 aromatic rings. The van der Waals surface area contributed by atoms with Crippen LogP contribution in [0.4, 0.5) is 5.13 Å². The van der Waals surface area contributed by atoms with Crippen LogP contribution in [-0.4, -0.2) is 48.8 Å². The van der Waals surface area contributed by atoms with E-state index in [0.717, 1.165) is 84.0 Å². The number of thiazole rings is 1. The Bertz CT molecular complexity index is 999. The molecular formula is C24H34Cl2N4O2S. The lowest BCUT2D eigenvalue weighted by Gasteiger charge is -2.31. The zero-order valence-electron chi connectivity index (χ0n) is 19.4. The first-order chi connectivity index (χ1) is 15.2. The van der Waals surface area contributed by atoms with Crippen molar-refractivity contribution < 1.29 is 9.26 Å². The van der Waals surface area contributed by atoms with E-state index in [1.165, 1.54) is 25.7 Å². The van der Waals surface area contributed by atoms with E-state index in [1.54, 1.807) is 11.3 Å². The van der Waals surface area contributed by atoms with Gasteiger partial charge in [-0.15, -0.1) is 36.2 Å². The van der Waals surface area contributed by atoms with Gasteiger partial charge in [-0.3, -0.25) is 0 Å². The molecular weight excluding hydrogens is 479 g/mol. The van der Waals surface area contributed by atoms with Gasteiger partial charge in [0.15, 0.2) is 10.7 Å². The molecule has 0 spiro atoms. The van der Waals surface area contributed by atoms with Crippen LogP contribution >= 0.6 is 36.2 Å².